The predicted octanol–water partition coefficient (Wildman–Crippen LogP) is 4.68. The van der Waals surface area contributed by atoms with Crippen molar-refractivity contribution in [2.45, 2.75) is 61.7 Å². The molecule has 1 unspecified atom stereocenters. The van der Waals surface area contributed by atoms with Crippen LogP contribution in [0.15, 0.2) is 29.2 Å². The van der Waals surface area contributed by atoms with Crippen LogP contribution >= 0.6 is 23.4 Å². The van der Waals surface area contributed by atoms with Gasteiger partial charge in [0.15, 0.2) is 0 Å². The van der Waals surface area contributed by atoms with E-state index in [0.29, 0.717) is 17.7 Å². The van der Waals surface area contributed by atoms with Gasteiger partial charge in [-0.3, -0.25) is 4.79 Å². The van der Waals surface area contributed by atoms with Crippen molar-refractivity contribution >= 4 is 29.3 Å². The molecule has 0 saturated heterocycles. The Morgan fingerprint density at radius 3 is 2.70 bits per heavy atom. The molecule has 1 N–H and O–H groups in total. The van der Waals surface area contributed by atoms with Gasteiger partial charge in [-0.25, -0.2) is 0 Å². The fourth-order valence-electron chi connectivity index (χ4n) is 2.68. The molecular formula is C18H26ClNO2S. The normalized spacial score (nSPS) is 17.0. The van der Waals surface area contributed by atoms with Crippen LogP contribution in [0.2, 0.25) is 5.02 Å². The molecule has 0 bridgehead atoms. The highest BCUT2D eigenvalue weighted by Gasteiger charge is 2.15. The number of amides is 1. The minimum absolute atomic E-state index is 0.0719. The molecule has 0 aliphatic heterocycles. The summed E-state index contributed by atoms with van der Waals surface area (Å²) in [7, 11) is 0. The van der Waals surface area contributed by atoms with E-state index in [1.165, 1.54) is 32.1 Å². The molecule has 0 radical (unpaired) electrons. The van der Waals surface area contributed by atoms with Gasteiger partial charge in [-0.05, 0) is 50.5 Å². The van der Waals surface area contributed by atoms with Gasteiger partial charge in [0, 0.05) is 23.1 Å². The molecule has 1 aliphatic rings. The molecule has 1 atom stereocenters. The second kappa shape index (κ2) is 10.2. The number of ether oxygens (including phenoxy) is 1. The van der Waals surface area contributed by atoms with Crippen LogP contribution in [0.1, 0.15) is 45.4 Å². The van der Waals surface area contributed by atoms with Crippen molar-refractivity contribution in [2.24, 2.45) is 0 Å². The molecule has 1 amide bonds. The summed E-state index contributed by atoms with van der Waals surface area (Å²) in [6.45, 7) is 3.34. The van der Waals surface area contributed by atoms with Gasteiger partial charge < -0.3 is 10.1 Å². The minimum Gasteiger partial charge on any atom is -0.378 e. The first-order valence-corrected chi connectivity index (χ1v) is 9.72. The number of carbonyl (C=O) groups excluding carboxylic acids is 1. The van der Waals surface area contributed by atoms with Crippen molar-refractivity contribution in [2.75, 3.05) is 13.2 Å². The lowest BCUT2D eigenvalue weighted by Crippen LogP contribution is -2.32. The lowest BCUT2D eigenvalue weighted by molar-refractivity contribution is -0.120. The van der Waals surface area contributed by atoms with Crippen LogP contribution in [0.25, 0.3) is 0 Å². The van der Waals surface area contributed by atoms with E-state index in [1.54, 1.807) is 11.8 Å². The second-order valence-electron chi connectivity index (χ2n) is 5.99. The summed E-state index contributed by atoms with van der Waals surface area (Å²) in [5.41, 5.74) is 0. The van der Waals surface area contributed by atoms with Crippen LogP contribution in [-0.4, -0.2) is 30.4 Å². The SMILES string of the molecule is CC(Sc1ccc(Cl)cc1)C(=O)NCCCOC1CCCCC1. The molecule has 1 aliphatic carbocycles. The molecule has 0 heterocycles. The number of thioether (sulfide) groups is 1. The summed E-state index contributed by atoms with van der Waals surface area (Å²) in [6.07, 6.45) is 7.64. The smallest absolute Gasteiger partial charge is 0.233 e. The van der Waals surface area contributed by atoms with Crippen molar-refractivity contribution < 1.29 is 9.53 Å². The Kier molecular flexibility index (Phi) is 8.27. The van der Waals surface area contributed by atoms with Crippen LogP contribution in [-0.2, 0) is 9.53 Å². The van der Waals surface area contributed by atoms with Gasteiger partial charge in [0.25, 0.3) is 0 Å². The first kappa shape index (κ1) is 18.6. The van der Waals surface area contributed by atoms with E-state index in [1.807, 2.05) is 31.2 Å². The summed E-state index contributed by atoms with van der Waals surface area (Å²) in [5, 5.41) is 3.58. The first-order valence-electron chi connectivity index (χ1n) is 8.46. The molecule has 1 aromatic rings. The minimum atomic E-state index is -0.115. The van der Waals surface area contributed by atoms with E-state index in [-0.39, 0.29) is 11.2 Å². The van der Waals surface area contributed by atoms with Gasteiger partial charge in [-0.1, -0.05) is 30.9 Å². The van der Waals surface area contributed by atoms with Gasteiger partial charge in [-0.15, -0.1) is 11.8 Å². The Morgan fingerprint density at radius 1 is 1.30 bits per heavy atom. The van der Waals surface area contributed by atoms with E-state index < -0.39 is 0 Å². The number of benzene rings is 1. The predicted molar refractivity (Wildman–Crippen MR) is 97.2 cm³/mol. The Bertz CT molecular complexity index is 474. The number of rotatable bonds is 8. The van der Waals surface area contributed by atoms with E-state index in [2.05, 4.69) is 5.32 Å². The number of nitrogens with one attached hydrogen (secondary N) is 1. The average molecular weight is 356 g/mol. The van der Waals surface area contributed by atoms with Crippen LogP contribution in [0, 0.1) is 0 Å². The van der Waals surface area contributed by atoms with Crippen LogP contribution in [0.4, 0.5) is 0 Å². The molecule has 2 rings (SSSR count). The van der Waals surface area contributed by atoms with Crippen molar-refractivity contribution in [3.8, 4) is 0 Å². The van der Waals surface area contributed by atoms with Gasteiger partial charge in [0.05, 0.1) is 11.4 Å². The van der Waals surface area contributed by atoms with Crippen LogP contribution in [0.3, 0.4) is 0 Å². The van der Waals surface area contributed by atoms with E-state index >= 15 is 0 Å². The van der Waals surface area contributed by atoms with Gasteiger partial charge in [0.2, 0.25) is 5.91 Å². The van der Waals surface area contributed by atoms with E-state index in [0.717, 1.165) is 17.9 Å². The Labute approximate surface area is 148 Å². The summed E-state index contributed by atoms with van der Waals surface area (Å²) in [5.74, 6) is 0.0719. The maximum atomic E-state index is 12.1. The monoisotopic (exact) mass is 355 g/mol. The summed E-state index contributed by atoms with van der Waals surface area (Å²) in [4.78, 5) is 13.1. The molecule has 5 heteroatoms. The molecule has 1 fully saturated rings. The van der Waals surface area contributed by atoms with Gasteiger partial charge >= 0.3 is 0 Å². The van der Waals surface area contributed by atoms with E-state index in [4.69, 9.17) is 16.3 Å². The summed E-state index contributed by atoms with van der Waals surface area (Å²) < 4.78 is 5.86. The Morgan fingerprint density at radius 2 is 2.00 bits per heavy atom. The van der Waals surface area contributed by atoms with Crippen molar-refractivity contribution in [1.82, 2.24) is 5.32 Å². The van der Waals surface area contributed by atoms with Crippen molar-refractivity contribution in [3.05, 3.63) is 29.3 Å². The molecule has 0 aromatic heterocycles. The van der Waals surface area contributed by atoms with Crippen molar-refractivity contribution in [3.63, 3.8) is 0 Å². The lowest BCUT2D eigenvalue weighted by atomic mass is 9.98. The Balaban J connectivity index is 1.57. The number of hydrogen-bond acceptors (Lipinski definition) is 3. The van der Waals surface area contributed by atoms with Gasteiger partial charge in [0.1, 0.15) is 0 Å². The number of halogens is 1. The first-order chi connectivity index (χ1) is 11.1. The van der Waals surface area contributed by atoms with Gasteiger partial charge in [-0.2, -0.15) is 0 Å². The second-order valence-corrected chi connectivity index (χ2v) is 7.84. The molecule has 128 valence electrons. The van der Waals surface area contributed by atoms with Crippen LogP contribution < -0.4 is 5.32 Å². The maximum Gasteiger partial charge on any atom is 0.233 e. The molecule has 1 saturated carbocycles. The zero-order chi connectivity index (χ0) is 16.5. The molecule has 1 aromatic carbocycles. The van der Waals surface area contributed by atoms with E-state index in [9.17, 15) is 4.79 Å². The third kappa shape index (κ3) is 7.15. The summed E-state index contributed by atoms with van der Waals surface area (Å²) in [6, 6.07) is 7.57. The highest BCUT2D eigenvalue weighted by Crippen LogP contribution is 2.24. The number of hydrogen-bond donors (Lipinski definition) is 1. The molecular weight excluding hydrogens is 330 g/mol. The molecule has 23 heavy (non-hydrogen) atoms. The number of carbonyl (C=O) groups is 1. The maximum absolute atomic E-state index is 12.1. The standard InChI is InChI=1S/C18H26ClNO2S/c1-14(23-17-10-8-15(19)9-11-17)18(21)20-12-5-13-22-16-6-3-2-4-7-16/h8-11,14,16H,2-7,12-13H2,1H3,(H,20,21). The fourth-order valence-corrected chi connectivity index (χ4v) is 3.70. The average Bonchev–Trinajstić information content (AvgIpc) is 2.57. The Hall–Kier alpha value is -0.710. The zero-order valence-corrected chi connectivity index (χ0v) is 15.3. The quantitative estimate of drug-likeness (QED) is 0.543. The highest BCUT2D eigenvalue weighted by atomic mass is 35.5. The topological polar surface area (TPSA) is 38.3 Å². The third-order valence-electron chi connectivity index (χ3n) is 4.02. The lowest BCUT2D eigenvalue weighted by Gasteiger charge is -2.22. The van der Waals surface area contributed by atoms with Crippen LogP contribution in [0.5, 0.6) is 0 Å². The van der Waals surface area contributed by atoms with Crippen molar-refractivity contribution in [1.29, 1.82) is 0 Å². The highest BCUT2D eigenvalue weighted by molar-refractivity contribution is 8.00. The summed E-state index contributed by atoms with van der Waals surface area (Å²) >= 11 is 7.41. The fraction of sp³-hybridized carbons (Fsp3) is 0.611. The third-order valence-corrected chi connectivity index (χ3v) is 5.39. The molecule has 3 nitrogen and oxygen atoms in total. The molecule has 0 spiro atoms. The largest absolute Gasteiger partial charge is 0.378 e. The zero-order valence-electron chi connectivity index (χ0n) is 13.7.